The number of nitrogens with two attached hydrogens (primary N) is 1. The van der Waals surface area contributed by atoms with Gasteiger partial charge in [0.25, 0.3) is 0 Å². The molecule has 6 heteroatoms. The highest BCUT2D eigenvalue weighted by molar-refractivity contribution is 5.65. The minimum absolute atomic E-state index is 0.0656. The van der Waals surface area contributed by atoms with Gasteiger partial charge in [-0.25, -0.2) is 9.18 Å². The van der Waals surface area contributed by atoms with E-state index in [1.54, 1.807) is 6.07 Å². The van der Waals surface area contributed by atoms with Crippen molar-refractivity contribution in [3.63, 3.8) is 0 Å². The lowest BCUT2D eigenvalue weighted by atomic mass is 10.1. The van der Waals surface area contributed by atoms with Crippen molar-refractivity contribution in [1.82, 2.24) is 0 Å². The molecule has 0 aliphatic heterocycles. The van der Waals surface area contributed by atoms with Gasteiger partial charge in [0, 0.05) is 14.0 Å². The fourth-order valence-corrected chi connectivity index (χ4v) is 1.36. The Morgan fingerprint density at radius 2 is 2.12 bits per heavy atom. The number of hydrogen-bond donors (Lipinski definition) is 1. The van der Waals surface area contributed by atoms with E-state index in [1.807, 2.05) is 0 Å². The molecule has 0 saturated heterocycles. The molecule has 0 bridgehead atoms. The van der Waals surface area contributed by atoms with Crippen LogP contribution in [0.1, 0.15) is 12.5 Å². The van der Waals surface area contributed by atoms with E-state index in [9.17, 15) is 9.18 Å². The second kappa shape index (κ2) is 5.60. The van der Waals surface area contributed by atoms with Gasteiger partial charge in [-0.2, -0.15) is 0 Å². The van der Waals surface area contributed by atoms with Crippen LogP contribution in [-0.2, 0) is 20.0 Å². The van der Waals surface area contributed by atoms with Crippen LogP contribution in [0.2, 0.25) is 0 Å². The van der Waals surface area contributed by atoms with Crippen molar-refractivity contribution in [2.24, 2.45) is 5.73 Å². The van der Waals surface area contributed by atoms with Gasteiger partial charge in [0.1, 0.15) is 5.82 Å². The van der Waals surface area contributed by atoms with E-state index in [0.717, 1.165) is 0 Å². The summed E-state index contributed by atoms with van der Waals surface area (Å²) < 4.78 is 28.3. The van der Waals surface area contributed by atoms with Crippen molar-refractivity contribution in [3.8, 4) is 0 Å². The molecule has 17 heavy (non-hydrogen) atoms. The second-order valence-corrected chi connectivity index (χ2v) is 3.40. The summed E-state index contributed by atoms with van der Waals surface area (Å²) in [4.78, 5) is 10.8. The van der Waals surface area contributed by atoms with E-state index >= 15 is 0 Å². The van der Waals surface area contributed by atoms with Crippen LogP contribution in [-0.4, -0.2) is 20.0 Å². The molecule has 1 aromatic rings. The molecule has 0 aromatic heterocycles. The summed E-state index contributed by atoms with van der Waals surface area (Å²) in [6, 6.07) is 5.78. The SMILES string of the molecule is COCO[C@](C)(OC(N)=O)c1ccccc1F. The average Bonchev–Trinajstić information content (AvgIpc) is 2.26. The van der Waals surface area contributed by atoms with Crippen LogP contribution < -0.4 is 5.73 Å². The Bertz CT molecular complexity index is 399. The number of carbonyl (C=O) groups excluding carboxylic acids is 1. The van der Waals surface area contributed by atoms with Crippen molar-refractivity contribution in [3.05, 3.63) is 35.6 Å². The molecule has 1 amide bonds. The molecule has 2 N–H and O–H groups in total. The zero-order valence-corrected chi connectivity index (χ0v) is 9.60. The van der Waals surface area contributed by atoms with Gasteiger partial charge in [0.15, 0.2) is 6.79 Å². The van der Waals surface area contributed by atoms with Gasteiger partial charge in [-0.15, -0.1) is 0 Å². The first-order chi connectivity index (χ1) is 7.99. The maximum Gasteiger partial charge on any atom is 0.407 e. The maximum absolute atomic E-state index is 13.6. The van der Waals surface area contributed by atoms with Crippen molar-refractivity contribution in [2.45, 2.75) is 12.7 Å². The lowest BCUT2D eigenvalue weighted by Crippen LogP contribution is -2.36. The number of amides is 1. The summed E-state index contributed by atoms with van der Waals surface area (Å²) in [6.45, 7) is 1.22. The molecule has 94 valence electrons. The number of benzene rings is 1. The number of hydrogen-bond acceptors (Lipinski definition) is 4. The van der Waals surface area contributed by atoms with E-state index < -0.39 is 17.7 Å². The largest absolute Gasteiger partial charge is 0.413 e. The van der Waals surface area contributed by atoms with E-state index in [-0.39, 0.29) is 12.4 Å². The normalized spacial score (nSPS) is 14.1. The quantitative estimate of drug-likeness (QED) is 0.799. The Labute approximate surface area is 98.3 Å². The minimum Gasteiger partial charge on any atom is -0.413 e. The molecule has 0 aliphatic rings. The number of ether oxygens (including phenoxy) is 3. The van der Waals surface area contributed by atoms with Crippen LogP contribution in [0.3, 0.4) is 0 Å². The Kier molecular flexibility index (Phi) is 4.42. The fourth-order valence-electron chi connectivity index (χ4n) is 1.36. The van der Waals surface area contributed by atoms with Crippen LogP contribution >= 0.6 is 0 Å². The summed E-state index contributed by atoms with van der Waals surface area (Å²) in [5, 5.41) is 0. The van der Waals surface area contributed by atoms with Gasteiger partial charge >= 0.3 is 6.09 Å². The molecule has 0 saturated carbocycles. The minimum atomic E-state index is -1.62. The van der Waals surface area contributed by atoms with Crippen LogP contribution in [0.25, 0.3) is 0 Å². The topological polar surface area (TPSA) is 70.8 Å². The van der Waals surface area contributed by atoms with Gasteiger partial charge in [0.05, 0.1) is 5.56 Å². The second-order valence-electron chi connectivity index (χ2n) is 3.40. The lowest BCUT2D eigenvalue weighted by molar-refractivity contribution is -0.238. The van der Waals surface area contributed by atoms with Gasteiger partial charge < -0.3 is 19.9 Å². The van der Waals surface area contributed by atoms with E-state index in [4.69, 9.17) is 19.9 Å². The van der Waals surface area contributed by atoms with Gasteiger partial charge in [-0.05, 0) is 12.1 Å². The number of methoxy groups -OCH3 is 1. The third kappa shape index (κ3) is 3.40. The van der Waals surface area contributed by atoms with E-state index in [0.29, 0.717) is 0 Å². The van der Waals surface area contributed by atoms with E-state index in [1.165, 1.54) is 32.2 Å². The molecule has 0 spiro atoms. The molecule has 1 aromatic carbocycles. The predicted octanol–water partition coefficient (Wildman–Crippen LogP) is 1.71. The number of primary amides is 1. The number of rotatable bonds is 5. The molecule has 0 fully saturated rings. The summed E-state index contributed by atoms with van der Waals surface area (Å²) >= 11 is 0. The zero-order chi connectivity index (χ0) is 12.9. The molecule has 1 rings (SSSR count). The lowest BCUT2D eigenvalue weighted by Gasteiger charge is -2.28. The molecule has 0 radical (unpaired) electrons. The highest BCUT2D eigenvalue weighted by Crippen LogP contribution is 2.28. The van der Waals surface area contributed by atoms with Crippen molar-refractivity contribution in [1.29, 1.82) is 0 Å². The molecular weight excluding hydrogens is 229 g/mol. The average molecular weight is 243 g/mol. The van der Waals surface area contributed by atoms with Crippen molar-refractivity contribution in [2.75, 3.05) is 13.9 Å². The Balaban J connectivity index is 3.04. The first-order valence-electron chi connectivity index (χ1n) is 4.86. The smallest absolute Gasteiger partial charge is 0.407 e. The van der Waals surface area contributed by atoms with Crippen LogP contribution in [0, 0.1) is 5.82 Å². The number of halogens is 1. The van der Waals surface area contributed by atoms with Gasteiger partial charge in [-0.3, -0.25) is 0 Å². The summed E-state index contributed by atoms with van der Waals surface area (Å²) in [5.74, 6) is -2.18. The predicted molar refractivity (Wildman–Crippen MR) is 57.4 cm³/mol. The Morgan fingerprint density at radius 3 is 2.65 bits per heavy atom. The van der Waals surface area contributed by atoms with Crippen LogP contribution in [0.15, 0.2) is 24.3 Å². The molecular formula is C11H14FNO4. The summed E-state index contributed by atoms with van der Waals surface area (Å²) in [5.41, 5.74) is 5.00. The number of carbonyl (C=O) groups is 1. The molecule has 1 atom stereocenters. The molecule has 5 nitrogen and oxygen atoms in total. The highest BCUT2D eigenvalue weighted by Gasteiger charge is 2.34. The molecule has 0 aliphatic carbocycles. The summed E-state index contributed by atoms with van der Waals surface area (Å²) in [7, 11) is 1.39. The van der Waals surface area contributed by atoms with E-state index in [2.05, 4.69) is 0 Å². The third-order valence-electron chi connectivity index (χ3n) is 2.11. The monoisotopic (exact) mass is 243 g/mol. The molecule has 0 heterocycles. The zero-order valence-electron chi connectivity index (χ0n) is 9.60. The molecule has 0 unspecified atom stereocenters. The van der Waals surface area contributed by atoms with Crippen LogP contribution in [0.5, 0.6) is 0 Å². The summed E-state index contributed by atoms with van der Waals surface area (Å²) in [6.07, 6.45) is -1.06. The highest BCUT2D eigenvalue weighted by atomic mass is 19.1. The maximum atomic E-state index is 13.6. The Morgan fingerprint density at radius 1 is 1.47 bits per heavy atom. The van der Waals surface area contributed by atoms with Crippen LogP contribution in [0.4, 0.5) is 9.18 Å². The van der Waals surface area contributed by atoms with Gasteiger partial charge in [0.2, 0.25) is 5.79 Å². The fraction of sp³-hybridized carbons (Fsp3) is 0.364. The van der Waals surface area contributed by atoms with Crippen molar-refractivity contribution >= 4 is 6.09 Å². The first-order valence-corrected chi connectivity index (χ1v) is 4.86. The third-order valence-corrected chi connectivity index (χ3v) is 2.11. The first kappa shape index (κ1) is 13.4. The van der Waals surface area contributed by atoms with Crippen molar-refractivity contribution < 1.29 is 23.4 Å². The van der Waals surface area contributed by atoms with Gasteiger partial charge in [-0.1, -0.05) is 12.1 Å². The Hall–Kier alpha value is -1.66. The standard InChI is InChI=1S/C11H14FNO4/c1-11(16-7-15-2,17-10(13)14)8-5-3-4-6-9(8)12/h3-6H,7H2,1-2H3,(H2,13,14)/t11-/m1/s1.